The Morgan fingerprint density at radius 2 is 2.08 bits per heavy atom. The molecule has 0 fully saturated rings. The molecule has 1 aromatic carbocycles. The topological polar surface area (TPSA) is 43.1 Å². The first-order valence-corrected chi connectivity index (χ1v) is 4.74. The lowest BCUT2D eigenvalue weighted by Crippen LogP contribution is -2.19. The minimum absolute atomic E-state index is 0.196. The van der Waals surface area contributed by atoms with E-state index >= 15 is 0 Å². The van der Waals surface area contributed by atoms with Gasteiger partial charge in [0.05, 0.1) is 5.92 Å². The molecule has 0 spiro atoms. The van der Waals surface area contributed by atoms with E-state index in [1.165, 1.54) is 0 Å². The van der Waals surface area contributed by atoms with E-state index in [4.69, 9.17) is 5.73 Å². The molecule has 0 aliphatic heterocycles. The van der Waals surface area contributed by atoms with E-state index in [1.807, 2.05) is 31.2 Å². The number of nitrogens with two attached hydrogens (primary N) is 1. The molecule has 1 rings (SSSR count). The normalized spacial score (nSPS) is 12.5. The fourth-order valence-corrected chi connectivity index (χ4v) is 1.83. The van der Waals surface area contributed by atoms with E-state index in [1.54, 1.807) is 0 Å². The first-order chi connectivity index (χ1) is 5.63. The number of carbonyl (C=O) groups is 1. The summed E-state index contributed by atoms with van der Waals surface area (Å²) < 4.78 is 1.08. The molecule has 0 saturated carbocycles. The average molecular weight is 275 g/mol. The molecule has 0 saturated heterocycles. The van der Waals surface area contributed by atoms with Gasteiger partial charge in [-0.05, 0) is 41.1 Å². The summed E-state index contributed by atoms with van der Waals surface area (Å²) in [6, 6.07) is 7.75. The van der Waals surface area contributed by atoms with E-state index in [9.17, 15) is 4.79 Å². The Morgan fingerprint density at radius 3 is 2.58 bits per heavy atom. The summed E-state index contributed by atoms with van der Waals surface area (Å²) >= 11 is 2.20. The van der Waals surface area contributed by atoms with Crippen molar-refractivity contribution in [2.45, 2.75) is 12.8 Å². The SMILES string of the molecule is C[C@@H](C(N)=O)c1ccccc1I. The number of hydrogen-bond acceptors (Lipinski definition) is 1. The molecule has 1 atom stereocenters. The van der Waals surface area contributed by atoms with Gasteiger partial charge in [0.1, 0.15) is 0 Å². The van der Waals surface area contributed by atoms with Crippen LogP contribution in [0.25, 0.3) is 0 Å². The maximum Gasteiger partial charge on any atom is 0.224 e. The zero-order valence-corrected chi connectivity index (χ0v) is 8.91. The molecule has 0 aliphatic rings. The number of rotatable bonds is 2. The molecule has 0 radical (unpaired) electrons. The van der Waals surface area contributed by atoms with Gasteiger partial charge in [-0.15, -0.1) is 0 Å². The second kappa shape index (κ2) is 3.89. The van der Waals surface area contributed by atoms with Crippen LogP contribution in [0.1, 0.15) is 18.4 Å². The Balaban J connectivity index is 3.02. The van der Waals surface area contributed by atoms with Crippen molar-refractivity contribution in [3.63, 3.8) is 0 Å². The van der Waals surface area contributed by atoms with Crippen LogP contribution in [0.15, 0.2) is 24.3 Å². The van der Waals surface area contributed by atoms with E-state index in [2.05, 4.69) is 22.6 Å². The quantitative estimate of drug-likeness (QED) is 0.823. The third-order valence-corrected chi connectivity index (χ3v) is 2.78. The lowest BCUT2D eigenvalue weighted by atomic mass is 10.0. The molecule has 2 N–H and O–H groups in total. The molecule has 1 amide bonds. The Kier molecular flexibility index (Phi) is 3.08. The Morgan fingerprint density at radius 1 is 1.50 bits per heavy atom. The van der Waals surface area contributed by atoms with Crippen molar-refractivity contribution >= 4 is 28.5 Å². The molecule has 0 unspecified atom stereocenters. The third kappa shape index (κ3) is 1.97. The molecule has 0 aliphatic carbocycles. The lowest BCUT2D eigenvalue weighted by Gasteiger charge is -2.08. The van der Waals surface area contributed by atoms with Crippen LogP contribution in [0.2, 0.25) is 0 Å². The molecule has 3 heteroatoms. The first-order valence-electron chi connectivity index (χ1n) is 3.66. The van der Waals surface area contributed by atoms with Crippen LogP contribution in [-0.2, 0) is 4.79 Å². The van der Waals surface area contributed by atoms with Crippen LogP contribution in [-0.4, -0.2) is 5.91 Å². The second-order valence-corrected chi connectivity index (χ2v) is 3.81. The summed E-state index contributed by atoms with van der Waals surface area (Å²) in [5.74, 6) is -0.475. The highest BCUT2D eigenvalue weighted by atomic mass is 127. The highest BCUT2D eigenvalue weighted by Gasteiger charge is 2.13. The van der Waals surface area contributed by atoms with Crippen molar-refractivity contribution in [1.82, 2.24) is 0 Å². The van der Waals surface area contributed by atoms with Crippen LogP contribution in [0, 0.1) is 3.57 Å². The molecule has 0 bridgehead atoms. The zero-order chi connectivity index (χ0) is 9.14. The minimum atomic E-state index is -0.279. The molecule has 2 nitrogen and oxygen atoms in total. The van der Waals surface area contributed by atoms with Crippen molar-refractivity contribution in [3.05, 3.63) is 33.4 Å². The van der Waals surface area contributed by atoms with Gasteiger partial charge in [0.25, 0.3) is 0 Å². The Bertz CT molecular complexity index is 298. The highest BCUT2D eigenvalue weighted by Crippen LogP contribution is 2.20. The van der Waals surface area contributed by atoms with Gasteiger partial charge in [-0.1, -0.05) is 18.2 Å². The average Bonchev–Trinajstić information content (AvgIpc) is 2.04. The summed E-state index contributed by atoms with van der Waals surface area (Å²) in [6.45, 7) is 1.82. The van der Waals surface area contributed by atoms with Crippen molar-refractivity contribution in [2.24, 2.45) is 5.73 Å². The number of hydrogen-bond donors (Lipinski definition) is 1. The molecular weight excluding hydrogens is 265 g/mol. The van der Waals surface area contributed by atoms with Gasteiger partial charge in [0.2, 0.25) is 5.91 Å². The summed E-state index contributed by atoms with van der Waals surface area (Å²) in [7, 11) is 0. The van der Waals surface area contributed by atoms with Crippen molar-refractivity contribution in [1.29, 1.82) is 0 Å². The minimum Gasteiger partial charge on any atom is -0.369 e. The Labute approximate surface area is 85.3 Å². The lowest BCUT2D eigenvalue weighted by molar-refractivity contribution is -0.119. The fourth-order valence-electron chi connectivity index (χ4n) is 0.980. The fraction of sp³-hybridized carbons (Fsp3) is 0.222. The van der Waals surface area contributed by atoms with Crippen LogP contribution in [0.4, 0.5) is 0 Å². The molecule has 0 aromatic heterocycles. The number of benzene rings is 1. The van der Waals surface area contributed by atoms with Crippen LogP contribution >= 0.6 is 22.6 Å². The Hall–Kier alpha value is -0.580. The summed E-state index contributed by atoms with van der Waals surface area (Å²) in [5.41, 5.74) is 6.20. The predicted molar refractivity (Wildman–Crippen MR) is 56.8 cm³/mol. The first kappa shape index (κ1) is 9.51. The zero-order valence-electron chi connectivity index (χ0n) is 6.75. The van der Waals surface area contributed by atoms with Gasteiger partial charge >= 0.3 is 0 Å². The van der Waals surface area contributed by atoms with Crippen LogP contribution in [0.5, 0.6) is 0 Å². The number of primary amides is 1. The smallest absolute Gasteiger partial charge is 0.224 e. The van der Waals surface area contributed by atoms with E-state index in [-0.39, 0.29) is 11.8 Å². The number of carbonyl (C=O) groups excluding carboxylic acids is 1. The molecule has 64 valence electrons. The van der Waals surface area contributed by atoms with Gasteiger partial charge in [0.15, 0.2) is 0 Å². The van der Waals surface area contributed by atoms with Crippen LogP contribution in [0.3, 0.4) is 0 Å². The van der Waals surface area contributed by atoms with Gasteiger partial charge in [-0.2, -0.15) is 0 Å². The predicted octanol–water partition coefficient (Wildman–Crippen LogP) is 1.88. The summed E-state index contributed by atoms with van der Waals surface area (Å²) in [6.07, 6.45) is 0. The van der Waals surface area contributed by atoms with Crippen molar-refractivity contribution in [2.75, 3.05) is 0 Å². The maximum absolute atomic E-state index is 10.9. The van der Waals surface area contributed by atoms with Gasteiger partial charge in [-0.25, -0.2) is 0 Å². The molecule has 12 heavy (non-hydrogen) atoms. The van der Waals surface area contributed by atoms with Gasteiger partial charge < -0.3 is 5.73 Å². The standard InChI is InChI=1S/C9H10INO/c1-6(9(11)12)7-4-2-3-5-8(7)10/h2-6H,1H3,(H2,11,12)/t6-/m1/s1. The number of amides is 1. The highest BCUT2D eigenvalue weighted by molar-refractivity contribution is 14.1. The van der Waals surface area contributed by atoms with Gasteiger partial charge in [-0.3, -0.25) is 4.79 Å². The monoisotopic (exact) mass is 275 g/mol. The third-order valence-electron chi connectivity index (χ3n) is 1.80. The van der Waals surface area contributed by atoms with Crippen molar-refractivity contribution in [3.8, 4) is 0 Å². The molecular formula is C9H10INO. The van der Waals surface area contributed by atoms with E-state index in [0.29, 0.717) is 0 Å². The van der Waals surface area contributed by atoms with E-state index < -0.39 is 0 Å². The summed E-state index contributed by atoms with van der Waals surface area (Å²) in [4.78, 5) is 10.9. The van der Waals surface area contributed by atoms with E-state index in [0.717, 1.165) is 9.13 Å². The van der Waals surface area contributed by atoms with Gasteiger partial charge in [0, 0.05) is 3.57 Å². The summed E-state index contributed by atoms with van der Waals surface area (Å²) in [5, 5.41) is 0. The largest absolute Gasteiger partial charge is 0.369 e. The molecule has 0 heterocycles. The maximum atomic E-state index is 10.9. The van der Waals surface area contributed by atoms with Crippen LogP contribution < -0.4 is 5.73 Å². The molecule has 1 aromatic rings. The second-order valence-electron chi connectivity index (χ2n) is 2.65. The number of halogens is 1. The van der Waals surface area contributed by atoms with Crippen molar-refractivity contribution < 1.29 is 4.79 Å².